The average molecular weight is 474 g/mol. The van der Waals surface area contributed by atoms with Crippen LogP contribution < -0.4 is 10.5 Å². The lowest BCUT2D eigenvalue weighted by molar-refractivity contribution is 0.0776. The highest BCUT2D eigenvalue weighted by molar-refractivity contribution is 6.31. The Hall–Kier alpha value is -2.87. The summed E-state index contributed by atoms with van der Waals surface area (Å²) in [6.45, 7) is 10.7. The Morgan fingerprint density at radius 2 is 2.09 bits per heavy atom. The van der Waals surface area contributed by atoms with E-state index in [1.54, 1.807) is 17.3 Å². The second-order valence-corrected chi connectivity index (χ2v) is 9.49. The number of likely N-dealkylation sites (tertiary alicyclic amines) is 1. The van der Waals surface area contributed by atoms with E-state index in [1.807, 2.05) is 32.1 Å². The SMILES string of the molecule is Cc1nc(C(C)c2cc(Cl)c(F)c(C(=O)N3CC[C@H](C)C3)c2OC(C)C)n2ccnc(N)c12. The standard InChI is InChI=1S/C24H29ClFN5O2/c1-12(2)33-21-16(14(4)23-29-15(5)20-22(27)28-7-9-31(20)23)10-17(25)19(26)18(21)24(32)30-8-6-13(3)11-30/h7,9-10,12-14H,6,8,11H2,1-5H3,(H2,27,28)/t13-,14?/m0/s1. The number of ether oxygens (including phenoxy) is 1. The summed E-state index contributed by atoms with van der Waals surface area (Å²) in [5, 5.41) is -0.123. The molecule has 1 saturated heterocycles. The number of carbonyl (C=O) groups excluding carboxylic acids is 1. The zero-order valence-corrected chi connectivity index (χ0v) is 20.3. The summed E-state index contributed by atoms with van der Waals surface area (Å²) in [5.41, 5.74) is 7.98. The first-order chi connectivity index (χ1) is 15.6. The molecule has 4 rings (SSSR count). The van der Waals surface area contributed by atoms with Crippen LogP contribution in [0.4, 0.5) is 10.2 Å². The van der Waals surface area contributed by atoms with Crippen LogP contribution >= 0.6 is 11.6 Å². The third-order valence-corrected chi connectivity index (χ3v) is 6.39. The lowest BCUT2D eigenvalue weighted by Gasteiger charge is -2.24. The maximum Gasteiger partial charge on any atom is 0.260 e. The lowest BCUT2D eigenvalue weighted by atomic mass is 9.95. The van der Waals surface area contributed by atoms with Gasteiger partial charge in [-0.3, -0.25) is 9.20 Å². The highest BCUT2D eigenvalue weighted by Gasteiger charge is 2.33. The Morgan fingerprint density at radius 3 is 2.73 bits per heavy atom. The minimum absolute atomic E-state index is 0.120. The molecule has 0 radical (unpaired) electrons. The lowest BCUT2D eigenvalue weighted by Crippen LogP contribution is -2.30. The topological polar surface area (TPSA) is 85.8 Å². The summed E-state index contributed by atoms with van der Waals surface area (Å²) in [6, 6.07) is 1.53. The third kappa shape index (κ3) is 4.12. The van der Waals surface area contributed by atoms with Crippen LogP contribution in [0.25, 0.3) is 5.52 Å². The largest absolute Gasteiger partial charge is 0.490 e. The van der Waals surface area contributed by atoms with Gasteiger partial charge in [-0.25, -0.2) is 14.4 Å². The zero-order valence-electron chi connectivity index (χ0n) is 19.5. The molecule has 1 fully saturated rings. The highest BCUT2D eigenvalue weighted by Crippen LogP contribution is 2.40. The van der Waals surface area contributed by atoms with Gasteiger partial charge in [-0.2, -0.15) is 0 Å². The number of benzene rings is 1. The maximum atomic E-state index is 15.4. The van der Waals surface area contributed by atoms with Gasteiger partial charge in [0.1, 0.15) is 28.5 Å². The fourth-order valence-electron chi connectivity index (χ4n) is 4.49. The number of aryl methyl sites for hydroxylation is 1. The molecule has 0 saturated carbocycles. The number of rotatable bonds is 5. The molecule has 7 nitrogen and oxygen atoms in total. The molecule has 0 spiro atoms. The number of aromatic nitrogens is 3. The van der Waals surface area contributed by atoms with E-state index in [4.69, 9.17) is 27.1 Å². The Balaban J connectivity index is 1.91. The van der Waals surface area contributed by atoms with E-state index in [0.717, 1.165) is 12.1 Å². The smallest absolute Gasteiger partial charge is 0.260 e. The zero-order chi connectivity index (χ0) is 24.0. The molecule has 9 heteroatoms. The quantitative estimate of drug-likeness (QED) is 0.573. The number of nitrogen functional groups attached to an aromatic ring is 1. The summed E-state index contributed by atoms with van der Waals surface area (Å²) in [4.78, 5) is 24.0. The molecule has 1 unspecified atom stereocenters. The number of carbonyl (C=O) groups is 1. The van der Waals surface area contributed by atoms with Gasteiger partial charge < -0.3 is 15.4 Å². The number of anilines is 1. The molecule has 3 heterocycles. The van der Waals surface area contributed by atoms with Crippen molar-refractivity contribution in [2.45, 2.75) is 53.1 Å². The van der Waals surface area contributed by atoms with E-state index < -0.39 is 11.7 Å². The monoisotopic (exact) mass is 473 g/mol. The van der Waals surface area contributed by atoms with Gasteiger partial charge in [-0.05, 0) is 39.2 Å². The van der Waals surface area contributed by atoms with Crippen LogP contribution in [-0.2, 0) is 0 Å². The van der Waals surface area contributed by atoms with E-state index in [2.05, 4.69) is 11.9 Å². The van der Waals surface area contributed by atoms with Crippen molar-refractivity contribution in [2.75, 3.05) is 18.8 Å². The Bertz CT molecular complexity index is 1230. The van der Waals surface area contributed by atoms with Crippen molar-refractivity contribution in [3.63, 3.8) is 0 Å². The molecule has 2 atom stereocenters. The van der Waals surface area contributed by atoms with Gasteiger partial charge in [0.05, 0.1) is 16.8 Å². The molecule has 176 valence electrons. The van der Waals surface area contributed by atoms with E-state index in [1.165, 1.54) is 6.07 Å². The second-order valence-electron chi connectivity index (χ2n) is 9.09. The average Bonchev–Trinajstić information content (AvgIpc) is 3.33. The number of hydrogen-bond donors (Lipinski definition) is 1. The number of amides is 1. The normalized spacial score (nSPS) is 17.2. The summed E-state index contributed by atoms with van der Waals surface area (Å²) >= 11 is 6.33. The van der Waals surface area contributed by atoms with Gasteiger partial charge in [0.25, 0.3) is 5.91 Å². The molecular weight excluding hydrogens is 445 g/mol. The molecule has 2 N–H and O–H groups in total. The number of nitrogens with two attached hydrogens (primary N) is 1. The van der Waals surface area contributed by atoms with E-state index >= 15 is 4.39 Å². The van der Waals surface area contributed by atoms with Gasteiger partial charge in [-0.1, -0.05) is 25.4 Å². The Kier molecular flexibility index (Phi) is 6.22. The molecule has 0 aliphatic carbocycles. The molecule has 33 heavy (non-hydrogen) atoms. The van der Waals surface area contributed by atoms with E-state index in [-0.39, 0.29) is 28.4 Å². The van der Waals surface area contributed by atoms with E-state index in [9.17, 15) is 4.79 Å². The first-order valence-electron chi connectivity index (χ1n) is 11.2. The van der Waals surface area contributed by atoms with Gasteiger partial charge in [0.2, 0.25) is 0 Å². The van der Waals surface area contributed by atoms with Crippen LogP contribution in [0.3, 0.4) is 0 Å². The van der Waals surface area contributed by atoms with Crippen LogP contribution in [0, 0.1) is 18.7 Å². The predicted molar refractivity (Wildman–Crippen MR) is 127 cm³/mol. The van der Waals surface area contributed by atoms with Gasteiger partial charge in [0.15, 0.2) is 5.82 Å². The molecule has 1 aromatic carbocycles. The molecule has 0 bridgehead atoms. The van der Waals surface area contributed by atoms with Crippen molar-refractivity contribution in [3.8, 4) is 5.75 Å². The van der Waals surface area contributed by atoms with Crippen LogP contribution in [0.1, 0.15) is 67.5 Å². The second kappa shape index (κ2) is 8.82. The summed E-state index contributed by atoms with van der Waals surface area (Å²) in [5.74, 6) is 0.0787. The summed E-state index contributed by atoms with van der Waals surface area (Å²) in [7, 11) is 0. The first kappa shape index (κ1) is 23.3. The predicted octanol–water partition coefficient (Wildman–Crippen LogP) is 4.83. The van der Waals surface area contributed by atoms with Crippen molar-refractivity contribution >= 4 is 28.8 Å². The van der Waals surface area contributed by atoms with Crippen LogP contribution in [0.5, 0.6) is 5.75 Å². The van der Waals surface area contributed by atoms with Crippen LogP contribution in [0.15, 0.2) is 18.5 Å². The Labute approximate surface area is 197 Å². The van der Waals surface area contributed by atoms with Gasteiger partial charge in [0, 0.05) is 37.0 Å². The van der Waals surface area contributed by atoms with Crippen molar-refractivity contribution in [2.24, 2.45) is 5.92 Å². The minimum Gasteiger partial charge on any atom is -0.490 e. The molecule has 1 amide bonds. The minimum atomic E-state index is -0.759. The van der Waals surface area contributed by atoms with Crippen LogP contribution in [-0.4, -0.2) is 44.4 Å². The number of hydrogen-bond acceptors (Lipinski definition) is 5. The fraction of sp³-hybridized carbons (Fsp3) is 0.458. The van der Waals surface area contributed by atoms with E-state index in [0.29, 0.717) is 41.7 Å². The van der Waals surface area contributed by atoms with Crippen molar-refractivity contribution in [3.05, 3.63) is 51.9 Å². The molecular formula is C24H29ClFN5O2. The van der Waals surface area contributed by atoms with Crippen molar-refractivity contribution < 1.29 is 13.9 Å². The number of fused-ring (bicyclic) bond motifs is 1. The maximum absolute atomic E-state index is 15.4. The summed E-state index contributed by atoms with van der Waals surface area (Å²) < 4.78 is 23.3. The van der Waals surface area contributed by atoms with Gasteiger partial charge >= 0.3 is 0 Å². The molecule has 1 aliphatic rings. The Morgan fingerprint density at radius 1 is 1.36 bits per heavy atom. The van der Waals surface area contributed by atoms with Crippen LogP contribution in [0.2, 0.25) is 5.02 Å². The fourth-order valence-corrected chi connectivity index (χ4v) is 4.71. The van der Waals surface area contributed by atoms with Gasteiger partial charge in [-0.15, -0.1) is 0 Å². The number of nitrogens with zero attached hydrogens (tertiary/aromatic N) is 4. The van der Waals surface area contributed by atoms with Crippen molar-refractivity contribution in [1.82, 2.24) is 19.3 Å². The molecule has 2 aromatic heterocycles. The van der Waals surface area contributed by atoms with Crippen molar-refractivity contribution in [1.29, 1.82) is 0 Å². The first-order valence-corrected chi connectivity index (χ1v) is 11.5. The highest BCUT2D eigenvalue weighted by atomic mass is 35.5. The molecule has 1 aliphatic heterocycles. The third-order valence-electron chi connectivity index (χ3n) is 6.12. The molecule has 3 aromatic rings. The number of imidazole rings is 1. The number of halogens is 2. The summed E-state index contributed by atoms with van der Waals surface area (Å²) in [6.07, 6.45) is 3.99.